The van der Waals surface area contributed by atoms with Crippen molar-refractivity contribution in [3.63, 3.8) is 0 Å². The Morgan fingerprint density at radius 1 is 1.07 bits per heavy atom. The molecule has 2 aromatic rings. The number of aliphatic imine (C=N–C) groups is 1. The molecule has 0 spiro atoms. The Hall–Kier alpha value is -3.02. The van der Waals surface area contributed by atoms with Crippen LogP contribution in [0.1, 0.15) is 25.0 Å². The summed E-state index contributed by atoms with van der Waals surface area (Å²) in [5.41, 5.74) is 2.86. The van der Waals surface area contributed by atoms with E-state index in [1.54, 1.807) is 7.11 Å². The van der Waals surface area contributed by atoms with Gasteiger partial charge in [0.25, 0.3) is 0 Å². The Balaban J connectivity index is 1.70. The molecule has 1 amide bonds. The molecule has 0 aliphatic carbocycles. The van der Waals surface area contributed by atoms with Crippen molar-refractivity contribution in [2.24, 2.45) is 10.9 Å². The molecule has 0 unspecified atom stereocenters. The fourth-order valence-electron chi connectivity index (χ4n) is 3.73. The SMILES string of the molecule is COc1ccc2c(c1)Oc1cc(C)ccc1N=C2N1CCN(C(=O)C(C)C)CC1. The second-order valence-electron chi connectivity index (χ2n) is 7.84. The van der Waals surface area contributed by atoms with Crippen molar-refractivity contribution < 1.29 is 14.3 Å². The minimum absolute atomic E-state index is 0.0217. The molecule has 1 saturated heterocycles. The van der Waals surface area contributed by atoms with Gasteiger partial charge in [-0.1, -0.05) is 19.9 Å². The highest BCUT2D eigenvalue weighted by molar-refractivity contribution is 6.04. The van der Waals surface area contributed by atoms with Crippen LogP contribution in [0.2, 0.25) is 0 Å². The van der Waals surface area contributed by atoms with Crippen LogP contribution < -0.4 is 9.47 Å². The molecule has 0 atom stereocenters. The smallest absolute Gasteiger partial charge is 0.225 e. The van der Waals surface area contributed by atoms with Crippen molar-refractivity contribution in [1.29, 1.82) is 0 Å². The van der Waals surface area contributed by atoms with E-state index < -0.39 is 0 Å². The van der Waals surface area contributed by atoms with Gasteiger partial charge >= 0.3 is 0 Å². The maximum atomic E-state index is 12.3. The quantitative estimate of drug-likeness (QED) is 0.774. The Kier molecular flexibility index (Phi) is 5.18. The number of hydrogen-bond acceptors (Lipinski definition) is 5. The van der Waals surface area contributed by atoms with E-state index in [0.717, 1.165) is 53.0 Å². The number of amidine groups is 1. The van der Waals surface area contributed by atoms with Crippen LogP contribution >= 0.6 is 0 Å². The normalized spacial score (nSPS) is 15.8. The van der Waals surface area contributed by atoms with Gasteiger partial charge in [0, 0.05) is 38.2 Å². The number of hydrogen-bond donors (Lipinski definition) is 0. The summed E-state index contributed by atoms with van der Waals surface area (Å²) in [5, 5.41) is 0. The molecule has 0 aromatic heterocycles. The Bertz CT molecular complexity index is 960. The largest absolute Gasteiger partial charge is 0.497 e. The van der Waals surface area contributed by atoms with E-state index in [0.29, 0.717) is 13.1 Å². The standard InChI is InChI=1S/C23H27N3O3/c1-15(2)23(27)26-11-9-25(10-12-26)22-18-7-6-17(28-4)14-20(18)29-21-13-16(3)5-8-19(21)24-22/h5-8,13-15H,9-12H2,1-4H3. The van der Waals surface area contributed by atoms with E-state index >= 15 is 0 Å². The number of piperazine rings is 1. The van der Waals surface area contributed by atoms with E-state index in [9.17, 15) is 4.79 Å². The molecule has 152 valence electrons. The molecule has 0 saturated carbocycles. The van der Waals surface area contributed by atoms with E-state index in [-0.39, 0.29) is 11.8 Å². The first kappa shape index (κ1) is 19.3. The van der Waals surface area contributed by atoms with Gasteiger partial charge in [-0.3, -0.25) is 4.79 Å². The van der Waals surface area contributed by atoms with Crippen LogP contribution in [0, 0.1) is 12.8 Å². The summed E-state index contributed by atoms with van der Waals surface area (Å²) >= 11 is 0. The number of aryl methyl sites for hydroxylation is 1. The average molecular weight is 393 g/mol. The minimum Gasteiger partial charge on any atom is -0.497 e. The van der Waals surface area contributed by atoms with Crippen molar-refractivity contribution >= 4 is 17.4 Å². The first-order chi connectivity index (χ1) is 14.0. The number of ether oxygens (including phenoxy) is 2. The molecule has 29 heavy (non-hydrogen) atoms. The van der Waals surface area contributed by atoms with E-state index in [4.69, 9.17) is 14.5 Å². The summed E-state index contributed by atoms with van der Waals surface area (Å²) in [6.45, 7) is 8.81. The third-order valence-corrected chi connectivity index (χ3v) is 5.38. The van der Waals surface area contributed by atoms with Crippen molar-refractivity contribution in [2.75, 3.05) is 33.3 Å². The summed E-state index contributed by atoms with van der Waals surface area (Å²) in [6.07, 6.45) is 0. The molecule has 6 heteroatoms. The van der Waals surface area contributed by atoms with Crippen LogP contribution in [0.3, 0.4) is 0 Å². The summed E-state index contributed by atoms with van der Waals surface area (Å²) in [6, 6.07) is 11.9. The summed E-state index contributed by atoms with van der Waals surface area (Å²) < 4.78 is 11.7. The monoisotopic (exact) mass is 393 g/mol. The zero-order valence-corrected chi connectivity index (χ0v) is 17.4. The Morgan fingerprint density at radius 3 is 2.52 bits per heavy atom. The van der Waals surface area contributed by atoms with Crippen molar-refractivity contribution in [1.82, 2.24) is 9.80 Å². The number of carbonyl (C=O) groups excluding carboxylic acids is 1. The van der Waals surface area contributed by atoms with Gasteiger partial charge in [-0.2, -0.15) is 0 Å². The third-order valence-electron chi connectivity index (χ3n) is 5.38. The fourth-order valence-corrected chi connectivity index (χ4v) is 3.73. The lowest BCUT2D eigenvalue weighted by atomic mass is 10.1. The highest BCUT2D eigenvalue weighted by Crippen LogP contribution is 2.40. The molecule has 6 nitrogen and oxygen atoms in total. The van der Waals surface area contributed by atoms with Gasteiger partial charge < -0.3 is 19.3 Å². The molecule has 0 radical (unpaired) electrons. The molecule has 2 aliphatic heterocycles. The summed E-state index contributed by atoms with van der Waals surface area (Å²) in [7, 11) is 1.65. The van der Waals surface area contributed by atoms with Gasteiger partial charge in [-0.15, -0.1) is 0 Å². The van der Waals surface area contributed by atoms with Crippen molar-refractivity contribution in [3.05, 3.63) is 47.5 Å². The van der Waals surface area contributed by atoms with E-state index in [1.165, 1.54) is 0 Å². The topological polar surface area (TPSA) is 54.4 Å². The van der Waals surface area contributed by atoms with Gasteiger partial charge in [0.2, 0.25) is 5.91 Å². The van der Waals surface area contributed by atoms with Gasteiger partial charge in [-0.25, -0.2) is 4.99 Å². The van der Waals surface area contributed by atoms with E-state index in [2.05, 4.69) is 4.90 Å². The number of rotatable bonds is 2. The molecule has 2 aromatic carbocycles. The van der Waals surface area contributed by atoms with E-state index in [1.807, 2.05) is 62.1 Å². The Morgan fingerprint density at radius 2 is 1.83 bits per heavy atom. The summed E-state index contributed by atoms with van der Waals surface area (Å²) in [4.78, 5) is 21.5. The van der Waals surface area contributed by atoms with Crippen molar-refractivity contribution in [3.8, 4) is 17.2 Å². The molecule has 0 bridgehead atoms. The third kappa shape index (κ3) is 3.79. The number of amides is 1. The Labute approximate surface area is 171 Å². The number of fused-ring (bicyclic) bond motifs is 2. The molecule has 0 N–H and O–H groups in total. The van der Waals surface area contributed by atoms with Crippen LogP contribution in [0.4, 0.5) is 5.69 Å². The highest BCUT2D eigenvalue weighted by atomic mass is 16.5. The zero-order chi connectivity index (χ0) is 20.5. The molecular weight excluding hydrogens is 366 g/mol. The summed E-state index contributed by atoms with van der Waals surface area (Å²) in [5.74, 6) is 3.32. The lowest BCUT2D eigenvalue weighted by Crippen LogP contribution is -2.51. The second-order valence-corrected chi connectivity index (χ2v) is 7.84. The highest BCUT2D eigenvalue weighted by Gasteiger charge is 2.28. The molecule has 1 fully saturated rings. The maximum absolute atomic E-state index is 12.3. The zero-order valence-electron chi connectivity index (χ0n) is 17.4. The number of methoxy groups -OCH3 is 1. The molecular formula is C23H27N3O3. The van der Waals surface area contributed by atoms with Crippen LogP contribution in [0.15, 0.2) is 41.4 Å². The van der Waals surface area contributed by atoms with Crippen LogP contribution in [-0.4, -0.2) is 54.8 Å². The number of benzene rings is 2. The van der Waals surface area contributed by atoms with Gasteiger partial charge in [0.1, 0.15) is 23.0 Å². The first-order valence-corrected chi connectivity index (χ1v) is 10.1. The first-order valence-electron chi connectivity index (χ1n) is 10.1. The van der Waals surface area contributed by atoms with Crippen LogP contribution in [-0.2, 0) is 4.79 Å². The lowest BCUT2D eigenvalue weighted by molar-refractivity contribution is -0.135. The fraction of sp³-hybridized carbons (Fsp3) is 0.391. The average Bonchev–Trinajstić information content (AvgIpc) is 2.88. The molecule has 2 aliphatic rings. The second kappa shape index (κ2) is 7.78. The van der Waals surface area contributed by atoms with Crippen LogP contribution in [0.5, 0.6) is 17.2 Å². The predicted octanol–water partition coefficient (Wildman–Crippen LogP) is 3.99. The van der Waals surface area contributed by atoms with Crippen LogP contribution in [0.25, 0.3) is 0 Å². The number of nitrogens with zero attached hydrogens (tertiary/aromatic N) is 3. The molecule has 2 heterocycles. The predicted molar refractivity (Wildman–Crippen MR) is 113 cm³/mol. The molecule has 4 rings (SSSR count). The number of carbonyl (C=O) groups is 1. The van der Waals surface area contributed by atoms with Gasteiger partial charge in [0.15, 0.2) is 5.75 Å². The van der Waals surface area contributed by atoms with Gasteiger partial charge in [-0.05, 0) is 36.8 Å². The van der Waals surface area contributed by atoms with Gasteiger partial charge in [0.05, 0.1) is 12.7 Å². The maximum Gasteiger partial charge on any atom is 0.225 e. The van der Waals surface area contributed by atoms with Crippen molar-refractivity contribution in [2.45, 2.75) is 20.8 Å². The minimum atomic E-state index is 0.0217. The lowest BCUT2D eigenvalue weighted by Gasteiger charge is -2.37.